The summed E-state index contributed by atoms with van der Waals surface area (Å²) in [5.41, 5.74) is 0. The zero-order valence-electron chi connectivity index (χ0n) is 4.99. The molecule has 3 heteroatoms. The SMILES string of the molecule is OO.[SnH2][c]1ccccc1. The normalized spacial score (nSPS) is 7.44. The maximum absolute atomic E-state index is 6.00. The Morgan fingerprint density at radius 1 is 1.00 bits per heavy atom. The molecule has 1 aromatic carbocycles. The number of hydrogen-bond acceptors (Lipinski definition) is 2. The molecule has 0 atom stereocenters. The van der Waals surface area contributed by atoms with Crippen molar-refractivity contribution in [2.45, 2.75) is 0 Å². The van der Waals surface area contributed by atoms with E-state index < -0.39 is 0 Å². The van der Waals surface area contributed by atoms with E-state index in [0.717, 1.165) is 22.5 Å². The van der Waals surface area contributed by atoms with Gasteiger partial charge in [-0.05, 0) is 0 Å². The molecule has 0 aliphatic carbocycles. The molecule has 0 unspecified atom stereocenters. The van der Waals surface area contributed by atoms with Gasteiger partial charge in [0.25, 0.3) is 0 Å². The van der Waals surface area contributed by atoms with Crippen LogP contribution in [0.15, 0.2) is 30.3 Å². The third kappa shape index (κ3) is 4.44. The molecular weight excluding hydrogens is 223 g/mol. The predicted octanol–water partition coefficient (Wildman–Crippen LogP) is -0.0376. The van der Waals surface area contributed by atoms with Crippen LogP contribution in [0.4, 0.5) is 0 Å². The molecule has 1 aromatic rings. The molecule has 9 heavy (non-hydrogen) atoms. The van der Waals surface area contributed by atoms with E-state index in [9.17, 15) is 0 Å². The fourth-order valence-corrected chi connectivity index (χ4v) is 1.25. The van der Waals surface area contributed by atoms with Crippen LogP contribution in [0.5, 0.6) is 0 Å². The van der Waals surface area contributed by atoms with Crippen LogP contribution in [0.3, 0.4) is 0 Å². The first-order valence-electron chi connectivity index (χ1n) is 2.46. The average molecular weight is 232 g/mol. The van der Waals surface area contributed by atoms with Gasteiger partial charge in [0.05, 0.1) is 0 Å². The Balaban J connectivity index is 0.000000291. The third-order valence-electron chi connectivity index (χ3n) is 0.843. The fraction of sp³-hybridized carbons (Fsp3) is 0. The van der Waals surface area contributed by atoms with Crippen molar-refractivity contribution in [3.63, 3.8) is 0 Å². The van der Waals surface area contributed by atoms with Crippen molar-refractivity contribution in [1.29, 1.82) is 0 Å². The predicted molar refractivity (Wildman–Crippen MR) is 39.9 cm³/mol. The summed E-state index contributed by atoms with van der Waals surface area (Å²) in [4.78, 5) is 0. The van der Waals surface area contributed by atoms with Crippen LogP contribution in [-0.2, 0) is 0 Å². The van der Waals surface area contributed by atoms with Crippen molar-refractivity contribution in [2.75, 3.05) is 0 Å². The van der Waals surface area contributed by atoms with Gasteiger partial charge in [-0.2, -0.15) is 0 Å². The van der Waals surface area contributed by atoms with E-state index in [2.05, 4.69) is 24.3 Å². The molecule has 0 amide bonds. The topological polar surface area (TPSA) is 40.5 Å². The molecule has 2 N–H and O–H groups in total. The van der Waals surface area contributed by atoms with Crippen LogP contribution in [0.1, 0.15) is 0 Å². The van der Waals surface area contributed by atoms with Crippen molar-refractivity contribution >= 4 is 26.1 Å². The molecule has 0 heterocycles. The Morgan fingerprint density at radius 2 is 1.44 bits per heavy atom. The van der Waals surface area contributed by atoms with Crippen LogP contribution < -0.4 is 3.58 Å². The zero-order valence-corrected chi connectivity index (χ0v) is 9.02. The molecule has 0 aromatic heterocycles. The zero-order chi connectivity index (χ0) is 7.11. The van der Waals surface area contributed by atoms with Gasteiger partial charge in [0.15, 0.2) is 0 Å². The van der Waals surface area contributed by atoms with Gasteiger partial charge in [0.1, 0.15) is 0 Å². The minimum absolute atomic E-state index is 0.970. The molecule has 0 spiro atoms. The molecule has 0 aliphatic heterocycles. The van der Waals surface area contributed by atoms with E-state index in [0.29, 0.717) is 0 Å². The van der Waals surface area contributed by atoms with Crippen LogP contribution in [0, 0.1) is 0 Å². The Bertz CT molecular complexity index is 141. The second-order valence-corrected chi connectivity index (χ2v) is 3.82. The summed E-state index contributed by atoms with van der Waals surface area (Å²) in [5.74, 6) is 0. The molecule has 0 fully saturated rings. The van der Waals surface area contributed by atoms with Gasteiger partial charge in [0, 0.05) is 0 Å². The quantitative estimate of drug-likeness (QED) is 0.374. The van der Waals surface area contributed by atoms with Gasteiger partial charge >= 0.3 is 56.4 Å². The van der Waals surface area contributed by atoms with E-state index in [1.165, 1.54) is 3.58 Å². The first kappa shape index (κ1) is 8.94. The minimum atomic E-state index is 0.970. The molecule has 0 bridgehead atoms. The van der Waals surface area contributed by atoms with E-state index >= 15 is 0 Å². The molecule has 1 radical (unpaired) electrons. The summed E-state index contributed by atoms with van der Waals surface area (Å²) in [6.45, 7) is 0. The third-order valence-corrected chi connectivity index (χ3v) is 2.19. The van der Waals surface area contributed by atoms with Crippen molar-refractivity contribution in [1.82, 2.24) is 0 Å². The van der Waals surface area contributed by atoms with Crippen molar-refractivity contribution in [3.05, 3.63) is 30.3 Å². The number of benzene rings is 1. The Kier molecular flexibility index (Phi) is 6.02. The molecule has 0 saturated carbocycles. The second-order valence-electron chi connectivity index (χ2n) is 1.49. The summed E-state index contributed by atoms with van der Waals surface area (Å²) in [7, 11) is 0. The van der Waals surface area contributed by atoms with Crippen molar-refractivity contribution in [2.24, 2.45) is 0 Å². The summed E-state index contributed by atoms with van der Waals surface area (Å²) in [6, 6.07) is 10.5. The second kappa shape index (κ2) is 6.06. The fourth-order valence-electron chi connectivity index (χ4n) is 0.478. The average Bonchev–Trinajstić information content (AvgIpc) is 1.94. The van der Waals surface area contributed by atoms with Gasteiger partial charge in [0.2, 0.25) is 0 Å². The molecule has 2 nitrogen and oxygen atoms in total. The van der Waals surface area contributed by atoms with Crippen LogP contribution in [0.2, 0.25) is 0 Å². The van der Waals surface area contributed by atoms with Crippen molar-refractivity contribution in [3.8, 4) is 0 Å². The summed E-state index contributed by atoms with van der Waals surface area (Å²) in [6.07, 6.45) is 0. The maximum atomic E-state index is 6.00. The Morgan fingerprint density at radius 3 is 1.67 bits per heavy atom. The number of rotatable bonds is 0. The number of hydrogen-bond donors (Lipinski definition) is 2. The van der Waals surface area contributed by atoms with E-state index in [1.54, 1.807) is 0 Å². The Hall–Kier alpha value is -0.0613. The summed E-state index contributed by atoms with van der Waals surface area (Å²) in [5, 5.41) is 12.0. The standard InChI is InChI=1S/C6H5.H2O2.Sn.2H/c1-2-4-6-5-3-1;1-2;;;/h1-5H;1-2H;;;. The van der Waals surface area contributed by atoms with Gasteiger partial charge in [-0.15, -0.1) is 0 Å². The Labute approximate surface area is 67.2 Å². The molecule has 49 valence electrons. The van der Waals surface area contributed by atoms with E-state index in [-0.39, 0.29) is 0 Å². The monoisotopic (exact) mass is 233 g/mol. The summed E-state index contributed by atoms with van der Waals surface area (Å²) >= 11 is 0.970. The van der Waals surface area contributed by atoms with E-state index in [1.807, 2.05) is 6.07 Å². The van der Waals surface area contributed by atoms with Crippen LogP contribution >= 0.6 is 0 Å². The molecule has 0 saturated heterocycles. The van der Waals surface area contributed by atoms with Crippen LogP contribution in [-0.4, -0.2) is 33.0 Å². The van der Waals surface area contributed by atoms with Gasteiger partial charge in [-0.3, -0.25) is 10.5 Å². The van der Waals surface area contributed by atoms with Crippen molar-refractivity contribution < 1.29 is 10.5 Å². The molecule has 0 aliphatic rings. The summed E-state index contributed by atoms with van der Waals surface area (Å²) < 4.78 is 1.49. The van der Waals surface area contributed by atoms with Gasteiger partial charge < -0.3 is 0 Å². The van der Waals surface area contributed by atoms with E-state index in [4.69, 9.17) is 10.5 Å². The van der Waals surface area contributed by atoms with Crippen LogP contribution in [0.25, 0.3) is 0 Å². The first-order chi connectivity index (χ1) is 4.39. The molecular formula is C6H9O2Sn. The van der Waals surface area contributed by atoms with Gasteiger partial charge in [-0.1, -0.05) is 0 Å². The first-order valence-corrected chi connectivity index (χ1v) is 4.48. The van der Waals surface area contributed by atoms with Gasteiger partial charge in [-0.25, -0.2) is 0 Å². The molecule has 1 rings (SSSR count).